The van der Waals surface area contributed by atoms with Crippen molar-refractivity contribution in [1.82, 2.24) is 9.97 Å². The maximum absolute atomic E-state index is 13.0. The van der Waals surface area contributed by atoms with Crippen molar-refractivity contribution >= 4 is 23.2 Å². The second kappa shape index (κ2) is 19.6. The van der Waals surface area contributed by atoms with E-state index in [9.17, 15) is 19.8 Å². The van der Waals surface area contributed by atoms with Crippen LogP contribution in [-0.2, 0) is 34.9 Å². The van der Waals surface area contributed by atoms with Gasteiger partial charge in [-0.25, -0.2) is 0 Å². The molecule has 4 aromatic carbocycles. The van der Waals surface area contributed by atoms with Crippen LogP contribution in [0.25, 0.3) is 0 Å². The second-order valence-electron chi connectivity index (χ2n) is 20.3. The summed E-state index contributed by atoms with van der Waals surface area (Å²) >= 11 is 0. The van der Waals surface area contributed by atoms with Crippen LogP contribution in [0.15, 0.2) is 134 Å². The molecule has 0 aliphatic heterocycles. The number of hydrogen-bond acceptors (Lipinski definition) is 6. The van der Waals surface area contributed by atoms with Crippen LogP contribution in [0.3, 0.4) is 0 Å². The van der Waals surface area contributed by atoms with Gasteiger partial charge >= 0.3 is 0 Å². The maximum Gasteiger partial charge on any atom is 0.255 e. The summed E-state index contributed by atoms with van der Waals surface area (Å²) in [4.78, 5) is 34.6. The summed E-state index contributed by atoms with van der Waals surface area (Å²) in [5.41, 5.74) is 10.6. The lowest BCUT2D eigenvalue weighted by atomic mass is 9.56. The Bertz CT molecular complexity index is 2570. The van der Waals surface area contributed by atoms with E-state index < -0.39 is 11.2 Å². The first-order chi connectivity index (χ1) is 32.9. The Morgan fingerprint density at radius 2 is 0.971 bits per heavy atom. The van der Waals surface area contributed by atoms with Crippen LogP contribution in [-0.4, -0.2) is 32.0 Å². The van der Waals surface area contributed by atoms with Crippen LogP contribution in [0.2, 0.25) is 0 Å². The van der Waals surface area contributed by atoms with Gasteiger partial charge in [0.1, 0.15) is 0 Å². The van der Waals surface area contributed by atoms with E-state index in [0.29, 0.717) is 23.0 Å². The minimum atomic E-state index is -0.753. The number of anilines is 2. The molecule has 2 fully saturated rings. The lowest BCUT2D eigenvalue weighted by Gasteiger charge is -2.50. The SMILES string of the molecule is CC[C@@]12CC[C@@](O)(c3ccccc3)C[C@@H]1CCCc1cc(C(=O)Nc3cccnc3C)ccc12.CC[C@]12CC[C@](O)(c3ccccc3)C[C@H]1CCCc1cc(C(=O)Nc3cccnc3C)ccc12. The largest absolute Gasteiger partial charge is 0.385 e. The smallest absolute Gasteiger partial charge is 0.255 e. The van der Waals surface area contributed by atoms with Crippen molar-refractivity contribution in [1.29, 1.82) is 0 Å². The van der Waals surface area contributed by atoms with E-state index in [1.807, 2.05) is 86.6 Å². The van der Waals surface area contributed by atoms with Gasteiger partial charge in [-0.05, 0) is 208 Å². The number of fused-ring (bicyclic) bond motifs is 6. The van der Waals surface area contributed by atoms with Crippen molar-refractivity contribution in [2.45, 2.75) is 140 Å². The molecule has 2 amide bonds. The molecule has 10 rings (SSSR count). The highest BCUT2D eigenvalue weighted by molar-refractivity contribution is 6.05. The van der Waals surface area contributed by atoms with Gasteiger partial charge in [0.25, 0.3) is 11.8 Å². The second-order valence-corrected chi connectivity index (χ2v) is 20.3. The number of amides is 2. The Balaban J connectivity index is 0.000000170. The van der Waals surface area contributed by atoms with E-state index in [4.69, 9.17) is 0 Å². The fourth-order valence-corrected chi connectivity index (χ4v) is 13.0. The van der Waals surface area contributed by atoms with Gasteiger partial charge in [0.15, 0.2) is 0 Å². The normalized spacial score (nSPS) is 26.1. The van der Waals surface area contributed by atoms with Gasteiger partial charge in [-0.15, -0.1) is 0 Å². The van der Waals surface area contributed by atoms with E-state index in [1.54, 1.807) is 12.4 Å². The summed E-state index contributed by atoms with van der Waals surface area (Å²) in [6, 6.07) is 40.4. The molecule has 0 radical (unpaired) electrons. The Morgan fingerprint density at radius 1 is 0.559 bits per heavy atom. The summed E-state index contributed by atoms with van der Waals surface area (Å²) in [5.74, 6) is 0.672. The van der Waals surface area contributed by atoms with Gasteiger partial charge in [-0.3, -0.25) is 19.6 Å². The highest BCUT2D eigenvalue weighted by atomic mass is 16.3. The average molecular weight is 909 g/mol. The Hall–Kier alpha value is -5.96. The Morgan fingerprint density at radius 3 is 1.35 bits per heavy atom. The minimum absolute atomic E-state index is 0.0573. The number of nitrogens with zero attached hydrogens (tertiary/aromatic N) is 2. The number of aryl methyl sites for hydroxylation is 4. The van der Waals surface area contributed by atoms with Gasteiger partial charge in [-0.2, -0.15) is 0 Å². The molecular weight excluding hydrogens is 841 g/mol. The molecular formula is C60H68N4O4. The molecule has 2 heterocycles. The molecule has 0 bridgehead atoms. The first kappa shape index (κ1) is 47.1. The number of hydrogen-bond donors (Lipinski definition) is 4. The summed E-state index contributed by atoms with van der Waals surface area (Å²) < 4.78 is 0. The van der Waals surface area contributed by atoms with E-state index in [0.717, 1.165) is 124 Å². The monoisotopic (exact) mass is 909 g/mol. The predicted octanol–water partition coefficient (Wildman–Crippen LogP) is 12.6. The highest BCUT2D eigenvalue weighted by Gasteiger charge is 2.52. The molecule has 2 saturated carbocycles. The number of carbonyl (C=O) groups excluding carboxylic acids is 2. The molecule has 352 valence electrons. The lowest BCUT2D eigenvalue weighted by molar-refractivity contribution is -0.0535. The number of benzene rings is 4. The zero-order valence-electron chi connectivity index (χ0n) is 40.4. The third-order valence-corrected chi connectivity index (χ3v) is 16.9. The van der Waals surface area contributed by atoms with Crippen LogP contribution in [0.1, 0.15) is 156 Å². The quantitative estimate of drug-likeness (QED) is 0.121. The van der Waals surface area contributed by atoms with Crippen molar-refractivity contribution < 1.29 is 19.8 Å². The van der Waals surface area contributed by atoms with Crippen molar-refractivity contribution in [3.05, 3.63) is 190 Å². The molecule has 4 N–H and O–H groups in total. The summed E-state index contributed by atoms with van der Waals surface area (Å²) in [6.45, 7) is 8.39. The number of rotatable bonds is 8. The van der Waals surface area contributed by atoms with Crippen molar-refractivity contribution in [2.24, 2.45) is 11.8 Å². The number of nitrogens with one attached hydrogen (secondary N) is 2. The average Bonchev–Trinajstić information content (AvgIpc) is 3.63. The van der Waals surface area contributed by atoms with Crippen LogP contribution in [0.4, 0.5) is 11.4 Å². The van der Waals surface area contributed by atoms with Gasteiger partial charge in [-0.1, -0.05) is 86.6 Å². The van der Waals surface area contributed by atoms with Crippen molar-refractivity contribution in [3.63, 3.8) is 0 Å². The molecule has 4 aliphatic carbocycles. The van der Waals surface area contributed by atoms with Gasteiger partial charge in [0, 0.05) is 23.5 Å². The standard InChI is InChI=1S/2C30H34N2O2/c2*1-3-29-16-17-30(34,24-10-5-4-6-11-24)20-25(29)12-7-9-22-19-23(14-15-26(22)29)28(33)32-27-13-8-18-31-21(27)2/h2*4-6,8,10-11,13-15,18-19,25,34H,3,7,9,12,16-17,20H2,1-2H3,(H,32,33)/t2*25-,29+,30-/m10/s1. The molecule has 4 aliphatic rings. The number of aromatic nitrogens is 2. The van der Waals surface area contributed by atoms with Crippen molar-refractivity contribution in [2.75, 3.05) is 10.6 Å². The van der Waals surface area contributed by atoms with Gasteiger partial charge < -0.3 is 20.8 Å². The fraction of sp³-hybridized carbons (Fsp3) is 0.400. The van der Waals surface area contributed by atoms with Crippen LogP contribution >= 0.6 is 0 Å². The predicted molar refractivity (Wildman–Crippen MR) is 272 cm³/mol. The van der Waals surface area contributed by atoms with E-state index in [2.05, 4.69) is 83.0 Å². The molecule has 0 saturated heterocycles. The van der Waals surface area contributed by atoms with Crippen LogP contribution in [0, 0.1) is 25.7 Å². The molecule has 2 aromatic heterocycles. The zero-order chi connectivity index (χ0) is 47.5. The molecule has 6 aromatic rings. The number of aliphatic hydroxyl groups is 2. The third kappa shape index (κ3) is 9.05. The topological polar surface area (TPSA) is 124 Å². The van der Waals surface area contributed by atoms with E-state index in [1.165, 1.54) is 22.3 Å². The third-order valence-electron chi connectivity index (χ3n) is 16.9. The summed E-state index contributed by atoms with van der Waals surface area (Å²) in [7, 11) is 0. The minimum Gasteiger partial charge on any atom is -0.385 e. The molecule has 68 heavy (non-hydrogen) atoms. The first-order valence-electron chi connectivity index (χ1n) is 25.2. The van der Waals surface area contributed by atoms with Crippen LogP contribution in [0.5, 0.6) is 0 Å². The maximum atomic E-state index is 13.0. The number of pyridine rings is 2. The molecule has 8 nitrogen and oxygen atoms in total. The van der Waals surface area contributed by atoms with Crippen LogP contribution < -0.4 is 10.6 Å². The van der Waals surface area contributed by atoms with E-state index >= 15 is 0 Å². The fourth-order valence-electron chi connectivity index (χ4n) is 13.0. The first-order valence-corrected chi connectivity index (χ1v) is 25.2. The van der Waals surface area contributed by atoms with Gasteiger partial charge in [0.2, 0.25) is 0 Å². The zero-order valence-corrected chi connectivity index (χ0v) is 40.4. The Kier molecular flexibility index (Phi) is 13.6. The number of carbonyl (C=O) groups is 2. The summed E-state index contributed by atoms with van der Waals surface area (Å²) in [6.07, 6.45) is 17.0. The molecule has 8 heteroatoms. The molecule has 6 atom stereocenters. The van der Waals surface area contributed by atoms with Crippen molar-refractivity contribution in [3.8, 4) is 0 Å². The summed E-state index contributed by atoms with van der Waals surface area (Å²) in [5, 5.41) is 29.4. The lowest BCUT2D eigenvalue weighted by Crippen LogP contribution is -2.46. The van der Waals surface area contributed by atoms with Gasteiger partial charge in [0.05, 0.1) is 34.0 Å². The highest BCUT2D eigenvalue weighted by Crippen LogP contribution is 2.57. The Labute approximate surface area is 403 Å². The molecule has 0 spiro atoms. The molecule has 0 unspecified atom stereocenters. The van der Waals surface area contributed by atoms with E-state index in [-0.39, 0.29) is 22.6 Å².